The maximum Gasteiger partial charge on any atom is 0.245 e. The molecule has 0 aromatic rings. The van der Waals surface area contributed by atoms with Gasteiger partial charge in [-0.2, -0.15) is 0 Å². The lowest BCUT2D eigenvalue weighted by atomic mass is 9.96. The smallest absolute Gasteiger partial charge is 0.245 e. The second-order valence-electron chi connectivity index (χ2n) is 7.03. The lowest BCUT2D eigenvalue weighted by Crippen LogP contribution is -2.47. The summed E-state index contributed by atoms with van der Waals surface area (Å²) in [5.41, 5.74) is 0. The number of hydrogen-bond donors (Lipinski definition) is 1. The lowest BCUT2D eigenvalue weighted by Gasteiger charge is -2.33. The van der Waals surface area contributed by atoms with Crippen LogP contribution < -0.4 is 5.32 Å². The molecule has 2 aliphatic heterocycles. The van der Waals surface area contributed by atoms with Gasteiger partial charge in [0.2, 0.25) is 11.8 Å². The molecule has 1 unspecified atom stereocenters. The van der Waals surface area contributed by atoms with Crippen molar-refractivity contribution in [2.75, 3.05) is 33.2 Å². The van der Waals surface area contributed by atoms with Gasteiger partial charge in [-0.3, -0.25) is 9.59 Å². The van der Waals surface area contributed by atoms with Crippen molar-refractivity contribution in [3.05, 3.63) is 0 Å². The van der Waals surface area contributed by atoms with Crippen LogP contribution in [0.3, 0.4) is 0 Å². The maximum absolute atomic E-state index is 12.7. The molecule has 1 atom stereocenters. The van der Waals surface area contributed by atoms with Crippen LogP contribution in [0, 0.1) is 11.8 Å². The minimum atomic E-state index is -0.328. The normalized spacial score (nSPS) is 26.1. The van der Waals surface area contributed by atoms with Crippen molar-refractivity contribution < 1.29 is 9.59 Å². The summed E-state index contributed by atoms with van der Waals surface area (Å²) in [6.45, 7) is 7.79. The van der Waals surface area contributed by atoms with Gasteiger partial charge in [0.1, 0.15) is 6.04 Å². The predicted molar refractivity (Wildman–Crippen MR) is 82.8 cm³/mol. The fraction of sp³-hybridized carbons (Fsp3) is 0.875. The van der Waals surface area contributed by atoms with E-state index in [2.05, 4.69) is 31.1 Å². The minimum absolute atomic E-state index is 0.0138. The van der Waals surface area contributed by atoms with Gasteiger partial charge in [0, 0.05) is 19.5 Å². The largest absolute Gasteiger partial charge is 0.344 e. The van der Waals surface area contributed by atoms with E-state index in [9.17, 15) is 9.59 Å². The summed E-state index contributed by atoms with van der Waals surface area (Å²) in [7, 11) is 2.15. The number of nitrogens with one attached hydrogen (secondary N) is 1. The van der Waals surface area contributed by atoms with E-state index in [0.29, 0.717) is 24.8 Å². The molecule has 1 N–H and O–H groups in total. The SMILES string of the molecule is CC(C)CC1NC(=O)CCN(CC2CCN(C)CC2)C1=O. The Labute approximate surface area is 128 Å². The van der Waals surface area contributed by atoms with Crippen LogP contribution in [0.5, 0.6) is 0 Å². The van der Waals surface area contributed by atoms with Crippen molar-refractivity contribution in [1.29, 1.82) is 0 Å². The quantitative estimate of drug-likeness (QED) is 0.845. The summed E-state index contributed by atoms with van der Waals surface area (Å²) in [6, 6.07) is -0.328. The highest BCUT2D eigenvalue weighted by Crippen LogP contribution is 2.20. The summed E-state index contributed by atoms with van der Waals surface area (Å²) in [5, 5.41) is 2.90. The van der Waals surface area contributed by atoms with Gasteiger partial charge >= 0.3 is 0 Å². The summed E-state index contributed by atoms with van der Waals surface area (Å²) in [4.78, 5) is 28.7. The third kappa shape index (κ3) is 4.70. The first-order valence-electron chi connectivity index (χ1n) is 8.22. The molecule has 0 aliphatic carbocycles. The van der Waals surface area contributed by atoms with Crippen molar-refractivity contribution in [3.63, 3.8) is 0 Å². The molecule has 0 bridgehead atoms. The van der Waals surface area contributed by atoms with Crippen LogP contribution >= 0.6 is 0 Å². The van der Waals surface area contributed by atoms with E-state index in [1.165, 1.54) is 0 Å². The molecule has 2 aliphatic rings. The van der Waals surface area contributed by atoms with Crippen molar-refractivity contribution >= 4 is 11.8 Å². The van der Waals surface area contributed by atoms with Gasteiger partial charge in [-0.05, 0) is 51.2 Å². The second kappa shape index (κ2) is 7.25. The number of nitrogens with zero attached hydrogens (tertiary/aromatic N) is 2. The molecule has 5 nitrogen and oxygen atoms in total. The fourth-order valence-electron chi connectivity index (χ4n) is 3.26. The first kappa shape index (κ1) is 16.3. The molecule has 2 heterocycles. The van der Waals surface area contributed by atoms with Crippen LogP contribution in [-0.2, 0) is 9.59 Å². The van der Waals surface area contributed by atoms with E-state index in [4.69, 9.17) is 0 Å². The van der Waals surface area contributed by atoms with Crippen LogP contribution in [0.4, 0.5) is 0 Å². The Morgan fingerprint density at radius 3 is 2.48 bits per heavy atom. The lowest BCUT2D eigenvalue weighted by molar-refractivity contribution is -0.134. The average molecular weight is 295 g/mol. The van der Waals surface area contributed by atoms with E-state index in [1.54, 1.807) is 0 Å². The minimum Gasteiger partial charge on any atom is -0.344 e. The van der Waals surface area contributed by atoms with Crippen molar-refractivity contribution in [2.45, 2.75) is 45.6 Å². The Morgan fingerprint density at radius 2 is 1.86 bits per heavy atom. The van der Waals surface area contributed by atoms with Gasteiger partial charge in [0.25, 0.3) is 0 Å². The third-order valence-corrected chi connectivity index (χ3v) is 4.58. The molecule has 0 radical (unpaired) electrons. The summed E-state index contributed by atoms with van der Waals surface area (Å²) in [5.74, 6) is 1.12. The first-order chi connectivity index (χ1) is 9.95. The molecule has 2 saturated heterocycles. The Kier molecular flexibility index (Phi) is 5.62. The van der Waals surface area contributed by atoms with E-state index in [1.807, 2.05) is 4.90 Å². The molecule has 0 aromatic heterocycles. The zero-order chi connectivity index (χ0) is 15.4. The zero-order valence-corrected chi connectivity index (χ0v) is 13.6. The third-order valence-electron chi connectivity index (χ3n) is 4.58. The van der Waals surface area contributed by atoms with Crippen molar-refractivity contribution in [3.8, 4) is 0 Å². The van der Waals surface area contributed by atoms with Gasteiger partial charge in [0.05, 0.1) is 0 Å². The number of likely N-dealkylation sites (tertiary alicyclic amines) is 1. The topological polar surface area (TPSA) is 52.7 Å². The molecule has 120 valence electrons. The van der Waals surface area contributed by atoms with Gasteiger partial charge in [-0.1, -0.05) is 13.8 Å². The Balaban J connectivity index is 1.96. The molecule has 5 heteroatoms. The molecule has 0 spiro atoms. The molecule has 0 saturated carbocycles. The van der Waals surface area contributed by atoms with E-state index < -0.39 is 0 Å². The number of hydrogen-bond acceptors (Lipinski definition) is 3. The maximum atomic E-state index is 12.7. The summed E-state index contributed by atoms with van der Waals surface area (Å²) in [6.07, 6.45) is 3.47. The van der Waals surface area contributed by atoms with Gasteiger partial charge in [0.15, 0.2) is 0 Å². The van der Waals surface area contributed by atoms with Crippen molar-refractivity contribution in [1.82, 2.24) is 15.1 Å². The highest BCUT2D eigenvalue weighted by molar-refractivity contribution is 5.89. The summed E-state index contributed by atoms with van der Waals surface area (Å²) >= 11 is 0. The van der Waals surface area contributed by atoms with Crippen LogP contribution in [0.15, 0.2) is 0 Å². The van der Waals surface area contributed by atoms with Crippen LogP contribution in [0.2, 0.25) is 0 Å². The first-order valence-corrected chi connectivity index (χ1v) is 8.22. The van der Waals surface area contributed by atoms with Gasteiger partial charge in [-0.25, -0.2) is 0 Å². The number of amides is 2. The van der Waals surface area contributed by atoms with Crippen molar-refractivity contribution in [2.24, 2.45) is 11.8 Å². The Bertz CT molecular complexity index is 376. The van der Waals surface area contributed by atoms with Crippen LogP contribution in [0.1, 0.15) is 39.5 Å². The number of carbonyl (C=O) groups is 2. The number of carbonyl (C=O) groups excluding carboxylic acids is 2. The molecule has 2 rings (SSSR count). The van der Waals surface area contributed by atoms with Gasteiger partial charge in [-0.15, -0.1) is 0 Å². The molecule has 2 fully saturated rings. The molecule has 21 heavy (non-hydrogen) atoms. The monoisotopic (exact) mass is 295 g/mol. The van der Waals surface area contributed by atoms with Gasteiger partial charge < -0.3 is 15.1 Å². The standard InChI is InChI=1S/C16H29N3O2/c1-12(2)10-14-16(21)19(9-6-15(20)17-14)11-13-4-7-18(3)8-5-13/h12-14H,4-11H2,1-3H3,(H,17,20). The summed E-state index contributed by atoms with van der Waals surface area (Å²) < 4.78 is 0. The zero-order valence-electron chi connectivity index (χ0n) is 13.6. The highest BCUT2D eigenvalue weighted by atomic mass is 16.2. The van der Waals surface area contributed by atoms with E-state index in [0.717, 1.165) is 38.9 Å². The Hall–Kier alpha value is -1.10. The fourth-order valence-corrected chi connectivity index (χ4v) is 3.26. The highest BCUT2D eigenvalue weighted by Gasteiger charge is 2.31. The molecular weight excluding hydrogens is 266 g/mol. The molecular formula is C16H29N3O2. The van der Waals surface area contributed by atoms with E-state index >= 15 is 0 Å². The predicted octanol–water partition coefficient (Wildman–Crippen LogP) is 1.09. The Morgan fingerprint density at radius 1 is 1.19 bits per heavy atom. The van der Waals surface area contributed by atoms with E-state index in [-0.39, 0.29) is 17.9 Å². The van der Waals surface area contributed by atoms with Crippen LogP contribution in [-0.4, -0.2) is 60.9 Å². The number of rotatable bonds is 4. The molecule has 2 amide bonds. The number of piperidine rings is 1. The average Bonchev–Trinajstić information content (AvgIpc) is 2.54. The second-order valence-corrected chi connectivity index (χ2v) is 7.03. The molecule has 0 aromatic carbocycles. The van der Waals surface area contributed by atoms with Crippen LogP contribution in [0.25, 0.3) is 0 Å².